The van der Waals surface area contributed by atoms with E-state index in [2.05, 4.69) is 10.0 Å². The number of nitrogens with one attached hydrogen (secondary N) is 2. The number of benzene rings is 2. The van der Waals surface area contributed by atoms with Crippen LogP contribution in [0.4, 0.5) is 5.69 Å². The number of amides is 1. The minimum Gasteiger partial charge on any atom is -0.478 e. The smallest absolute Gasteiger partial charge is 0.265 e. The molecule has 0 radical (unpaired) electrons. The number of ether oxygens (including phenoxy) is 1. The molecular formula is C17H15N3O4S. The molecule has 2 aromatic carbocycles. The highest BCUT2D eigenvalue weighted by atomic mass is 32.2. The number of carbonyl (C=O) groups excluding carboxylic acids is 1. The lowest BCUT2D eigenvalue weighted by Gasteiger charge is -2.25. The monoisotopic (exact) mass is 357 g/mol. The fraction of sp³-hybridized carbons (Fsp3) is 0.176. The van der Waals surface area contributed by atoms with E-state index in [4.69, 9.17) is 10.00 Å². The minimum absolute atomic E-state index is 0.00233. The number of rotatable bonds is 5. The van der Waals surface area contributed by atoms with Gasteiger partial charge >= 0.3 is 0 Å². The lowest BCUT2D eigenvalue weighted by atomic mass is 10.2. The molecule has 128 valence electrons. The first-order chi connectivity index (χ1) is 12.0. The van der Waals surface area contributed by atoms with Crippen LogP contribution >= 0.6 is 0 Å². The molecule has 0 spiro atoms. The first kappa shape index (κ1) is 17.0. The number of carbonyl (C=O) groups is 1. The molecule has 0 aromatic heterocycles. The molecule has 1 amide bonds. The van der Waals surface area contributed by atoms with E-state index < -0.39 is 16.1 Å². The molecule has 2 aromatic rings. The van der Waals surface area contributed by atoms with E-state index in [1.807, 2.05) is 6.07 Å². The zero-order chi connectivity index (χ0) is 17.9. The molecule has 1 aliphatic heterocycles. The Bertz CT molecular complexity index is 950. The van der Waals surface area contributed by atoms with Gasteiger partial charge in [0.2, 0.25) is 10.0 Å². The molecular weight excluding hydrogens is 342 g/mol. The number of hydrogen-bond acceptors (Lipinski definition) is 5. The molecule has 0 bridgehead atoms. The van der Waals surface area contributed by atoms with Crippen LogP contribution in [0.15, 0.2) is 53.4 Å². The number of hydrogen-bond donors (Lipinski definition) is 2. The van der Waals surface area contributed by atoms with Gasteiger partial charge in [-0.05, 0) is 24.3 Å². The van der Waals surface area contributed by atoms with E-state index in [1.54, 1.807) is 36.4 Å². The molecule has 1 unspecified atom stereocenters. The summed E-state index contributed by atoms with van der Waals surface area (Å²) in [6.45, 7) is 0.00233. The predicted octanol–water partition coefficient (Wildman–Crippen LogP) is 1.63. The van der Waals surface area contributed by atoms with Crippen molar-refractivity contribution >= 4 is 21.6 Å². The zero-order valence-corrected chi connectivity index (χ0v) is 13.9. The molecule has 0 saturated carbocycles. The second-order valence-corrected chi connectivity index (χ2v) is 7.12. The standard InChI is InChI=1S/C17H15N3O4S/c18-11-12-5-1-4-8-16(12)25(22,23)19-10-9-15-17(21)20-13-6-2-3-7-14(13)24-15/h1-8,15,19H,9-10H2,(H,20,21). The molecule has 3 rings (SSSR count). The van der Waals surface area contributed by atoms with Crippen LogP contribution in [-0.4, -0.2) is 27.0 Å². The molecule has 1 aliphatic rings. The number of nitriles is 1. The molecule has 1 heterocycles. The average molecular weight is 357 g/mol. The molecule has 7 nitrogen and oxygen atoms in total. The Kier molecular flexibility index (Phi) is 4.70. The van der Waals surface area contributed by atoms with Crippen LogP contribution in [-0.2, 0) is 14.8 Å². The van der Waals surface area contributed by atoms with Crippen LogP contribution in [0.25, 0.3) is 0 Å². The maximum absolute atomic E-state index is 12.3. The lowest BCUT2D eigenvalue weighted by molar-refractivity contribution is -0.123. The van der Waals surface area contributed by atoms with E-state index in [1.165, 1.54) is 12.1 Å². The fourth-order valence-corrected chi connectivity index (χ4v) is 3.68. The topological polar surface area (TPSA) is 108 Å². The zero-order valence-electron chi connectivity index (χ0n) is 13.1. The van der Waals surface area contributed by atoms with Crippen molar-refractivity contribution < 1.29 is 17.9 Å². The summed E-state index contributed by atoms with van der Waals surface area (Å²) in [5.41, 5.74) is 0.655. The quantitative estimate of drug-likeness (QED) is 0.845. The van der Waals surface area contributed by atoms with Gasteiger partial charge in [-0.15, -0.1) is 0 Å². The SMILES string of the molecule is N#Cc1ccccc1S(=O)(=O)NCCC1Oc2ccccc2NC1=O. The second kappa shape index (κ2) is 6.93. The van der Waals surface area contributed by atoms with Crippen molar-refractivity contribution in [3.05, 3.63) is 54.1 Å². The van der Waals surface area contributed by atoms with Crippen molar-refractivity contribution in [2.45, 2.75) is 17.4 Å². The van der Waals surface area contributed by atoms with Crippen LogP contribution in [0.5, 0.6) is 5.75 Å². The van der Waals surface area contributed by atoms with Crippen molar-refractivity contribution in [3.63, 3.8) is 0 Å². The molecule has 0 saturated heterocycles. The Labute approximate surface area is 145 Å². The highest BCUT2D eigenvalue weighted by Gasteiger charge is 2.27. The first-order valence-electron chi connectivity index (χ1n) is 7.56. The van der Waals surface area contributed by atoms with Gasteiger partial charge in [-0.2, -0.15) is 5.26 Å². The molecule has 8 heteroatoms. The molecule has 0 aliphatic carbocycles. The van der Waals surface area contributed by atoms with Gasteiger partial charge in [0.25, 0.3) is 5.91 Å². The normalized spacial score (nSPS) is 16.3. The van der Waals surface area contributed by atoms with Crippen molar-refractivity contribution in [2.24, 2.45) is 0 Å². The van der Waals surface area contributed by atoms with E-state index in [-0.39, 0.29) is 29.3 Å². The maximum atomic E-state index is 12.3. The molecule has 2 N–H and O–H groups in total. The summed E-state index contributed by atoms with van der Waals surface area (Å²) in [5.74, 6) is 0.222. The van der Waals surface area contributed by atoms with E-state index >= 15 is 0 Å². The van der Waals surface area contributed by atoms with E-state index in [9.17, 15) is 13.2 Å². The maximum Gasteiger partial charge on any atom is 0.265 e. The Morgan fingerprint density at radius 1 is 1.16 bits per heavy atom. The fourth-order valence-electron chi connectivity index (χ4n) is 2.48. The summed E-state index contributed by atoms with van der Waals surface area (Å²) in [6, 6.07) is 14.8. The summed E-state index contributed by atoms with van der Waals surface area (Å²) in [4.78, 5) is 11.9. The highest BCUT2D eigenvalue weighted by Crippen LogP contribution is 2.29. The van der Waals surface area contributed by atoms with Gasteiger partial charge in [-0.25, -0.2) is 13.1 Å². The second-order valence-electron chi connectivity index (χ2n) is 5.39. The van der Waals surface area contributed by atoms with Gasteiger partial charge in [0, 0.05) is 13.0 Å². The molecule has 1 atom stereocenters. The summed E-state index contributed by atoms with van der Waals surface area (Å²) >= 11 is 0. The Hall–Kier alpha value is -2.89. The molecule has 0 fully saturated rings. The van der Waals surface area contributed by atoms with Gasteiger partial charge in [0.1, 0.15) is 11.8 Å². The van der Waals surface area contributed by atoms with Crippen molar-refractivity contribution in [3.8, 4) is 11.8 Å². The highest BCUT2D eigenvalue weighted by molar-refractivity contribution is 7.89. The Morgan fingerprint density at radius 2 is 1.88 bits per heavy atom. The summed E-state index contributed by atoms with van der Waals surface area (Å²) in [7, 11) is -3.84. The van der Waals surface area contributed by atoms with E-state index in [0.29, 0.717) is 11.4 Å². The third-order valence-electron chi connectivity index (χ3n) is 3.70. The number of para-hydroxylation sites is 2. The van der Waals surface area contributed by atoms with Crippen LogP contribution in [0.1, 0.15) is 12.0 Å². The van der Waals surface area contributed by atoms with Gasteiger partial charge in [-0.1, -0.05) is 24.3 Å². The third kappa shape index (κ3) is 3.63. The summed E-state index contributed by atoms with van der Waals surface area (Å²) in [5, 5.41) is 11.7. The van der Waals surface area contributed by atoms with Crippen LogP contribution in [0, 0.1) is 11.3 Å². The Balaban J connectivity index is 1.65. The first-order valence-corrected chi connectivity index (χ1v) is 9.05. The van der Waals surface area contributed by atoms with Gasteiger partial charge in [0.05, 0.1) is 16.1 Å². The molecule has 25 heavy (non-hydrogen) atoms. The summed E-state index contributed by atoms with van der Waals surface area (Å²) in [6.07, 6.45) is -0.627. The van der Waals surface area contributed by atoms with Crippen molar-refractivity contribution in [1.29, 1.82) is 5.26 Å². The number of nitrogens with zero attached hydrogens (tertiary/aromatic N) is 1. The summed E-state index contributed by atoms with van der Waals surface area (Å²) < 4.78 is 32.7. The Morgan fingerprint density at radius 3 is 2.68 bits per heavy atom. The third-order valence-corrected chi connectivity index (χ3v) is 5.22. The minimum atomic E-state index is -3.84. The number of fused-ring (bicyclic) bond motifs is 1. The van der Waals surface area contributed by atoms with Crippen LogP contribution in [0.2, 0.25) is 0 Å². The number of anilines is 1. The number of sulfonamides is 1. The average Bonchev–Trinajstić information content (AvgIpc) is 2.62. The lowest BCUT2D eigenvalue weighted by Crippen LogP contribution is -2.39. The largest absolute Gasteiger partial charge is 0.478 e. The van der Waals surface area contributed by atoms with Gasteiger partial charge in [-0.3, -0.25) is 4.79 Å². The van der Waals surface area contributed by atoms with Gasteiger partial charge in [0.15, 0.2) is 6.10 Å². The van der Waals surface area contributed by atoms with Crippen LogP contribution < -0.4 is 14.8 Å². The van der Waals surface area contributed by atoms with Crippen LogP contribution in [0.3, 0.4) is 0 Å². The predicted molar refractivity (Wildman–Crippen MR) is 90.5 cm³/mol. The van der Waals surface area contributed by atoms with Crippen molar-refractivity contribution in [2.75, 3.05) is 11.9 Å². The van der Waals surface area contributed by atoms with Gasteiger partial charge < -0.3 is 10.1 Å². The van der Waals surface area contributed by atoms with E-state index in [0.717, 1.165) is 0 Å². The van der Waals surface area contributed by atoms with Crippen molar-refractivity contribution in [1.82, 2.24) is 4.72 Å².